The summed E-state index contributed by atoms with van der Waals surface area (Å²) in [5.41, 5.74) is 5.08. The smallest absolute Gasteiger partial charge is 0.209 e. The van der Waals surface area contributed by atoms with E-state index in [0.29, 0.717) is 0 Å². The van der Waals surface area contributed by atoms with Crippen LogP contribution in [0.4, 0.5) is 5.13 Å². The third-order valence-corrected chi connectivity index (χ3v) is 6.74. The summed E-state index contributed by atoms with van der Waals surface area (Å²) in [6, 6.07) is 27.9. The van der Waals surface area contributed by atoms with Crippen molar-refractivity contribution < 1.29 is 0 Å². The molecule has 0 radical (unpaired) electrons. The fraction of sp³-hybridized carbons (Fsp3) is 0.0769. The monoisotopic (exact) mass is 390 g/mol. The van der Waals surface area contributed by atoms with Gasteiger partial charge in [-0.25, -0.2) is 9.98 Å². The van der Waals surface area contributed by atoms with Crippen molar-refractivity contribution in [2.75, 3.05) is 0 Å². The average molecular weight is 391 g/mol. The summed E-state index contributed by atoms with van der Waals surface area (Å²) in [6.07, 6.45) is 4.06. The molecule has 0 aliphatic heterocycles. The molecule has 29 heavy (non-hydrogen) atoms. The molecule has 0 amide bonds. The highest BCUT2D eigenvalue weighted by Crippen LogP contribution is 2.40. The molecular formula is C26H18N2S. The van der Waals surface area contributed by atoms with Crippen LogP contribution in [-0.4, -0.2) is 11.2 Å². The molecule has 1 aliphatic rings. The number of nitrogens with zero attached hydrogens (tertiary/aromatic N) is 2. The van der Waals surface area contributed by atoms with Gasteiger partial charge in [0.15, 0.2) is 0 Å². The lowest BCUT2D eigenvalue weighted by Gasteiger charge is -2.13. The molecule has 4 aromatic carbocycles. The highest BCUT2D eigenvalue weighted by Gasteiger charge is 2.20. The van der Waals surface area contributed by atoms with Gasteiger partial charge in [-0.05, 0) is 51.6 Å². The first kappa shape index (κ1) is 16.6. The van der Waals surface area contributed by atoms with Crippen molar-refractivity contribution in [1.29, 1.82) is 0 Å². The fourth-order valence-corrected chi connectivity index (χ4v) is 5.31. The average Bonchev–Trinajstić information content (AvgIpc) is 3.20. The van der Waals surface area contributed by atoms with Crippen LogP contribution >= 0.6 is 11.3 Å². The summed E-state index contributed by atoms with van der Waals surface area (Å²) in [5.74, 6) is 0. The second-order valence-electron chi connectivity index (χ2n) is 7.42. The summed E-state index contributed by atoms with van der Waals surface area (Å²) in [7, 11) is 0. The largest absolute Gasteiger partial charge is 0.227 e. The van der Waals surface area contributed by atoms with Crippen molar-refractivity contribution in [2.24, 2.45) is 4.99 Å². The number of aromatic nitrogens is 1. The molecule has 0 saturated heterocycles. The first-order chi connectivity index (χ1) is 14.4. The van der Waals surface area contributed by atoms with Gasteiger partial charge in [0.1, 0.15) is 0 Å². The fourth-order valence-electron chi connectivity index (χ4n) is 4.29. The third kappa shape index (κ3) is 2.78. The van der Waals surface area contributed by atoms with Crippen molar-refractivity contribution in [1.82, 2.24) is 4.98 Å². The number of aryl methyl sites for hydroxylation is 2. The Hall–Kier alpha value is -3.30. The van der Waals surface area contributed by atoms with E-state index in [-0.39, 0.29) is 0 Å². The minimum atomic E-state index is 0.837. The summed E-state index contributed by atoms with van der Waals surface area (Å²) >= 11 is 1.70. The Bertz CT molecular complexity index is 1360. The van der Waals surface area contributed by atoms with E-state index in [4.69, 9.17) is 9.98 Å². The minimum absolute atomic E-state index is 0.837. The van der Waals surface area contributed by atoms with Gasteiger partial charge in [-0.2, -0.15) is 0 Å². The molecule has 1 heterocycles. The van der Waals surface area contributed by atoms with Crippen LogP contribution in [0, 0.1) is 0 Å². The van der Waals surface area contributed by atoms with Gasteiger partial charge in [-0.3, -0.25) is 0 Å². The molecule has 0 atom stereocenters. The van der Waals surface area contributed by atoms with E-state index in [0.717, 1.165) is 23.5 Å². The normalized spacial score (nSPS) is 13.1. The van der Waals surface area contributed by atoms with Crippen LogP contribution in [0.25, 0.3) is 32.0 Å². The molecule has 0 unspecified atom stereocenters. The Morgan fingerprint density at radius 3 is 2.28 bits per heavy atom. The maximum absolute atomic E-state index is 4.85. The number of hydrogen-bond donors (Lipinski definition) is 0. The van der Waals surface area contributed by atoms with E-state index >= 15 is 0 Å². The zero-order chi connectivity index (χ0) is 19.2. The third-order valence-electron chi connectivity index (χ3n) is 5.70. The maximum Gasteiger partial charge on any atom is 0.209 e. The molecule has 0 fully saturated rings. The Balaban J connectivity index is 1.49. The number of aliphatic imine (C=N–C) groups is 1. The molecule has 0 N–H and O–H groups in total. The van der Waals surface area contributed by atoms with E-state index in [1.54, 1.807) is 11.3 Å². The molecule has 1 aromatic heterocycles. The molecule has 3 heteroatoms. The Kier molecular flexibility index (Phi) is 3.81. The minimum Gasteiger partial charge on any atom is -0.227 e. The molecular weight excluding hydrogens is 372 g/mol. The number of benzene rings is 4. The second-order valence-corrected chi connectivity index (χ2v) is 8.40. The van der Waals surface area contributed by atoms with Crippen LogP contribution in [0.5, 0.6) is 0 Å². The van der Waals surface area contributed by atoms with E-state index in [1.165, 1.54) is 43.2 Å². The van der Waals surface area contributed by atoms with Crippen LogP contribution in [0.2, 0.25) is 0 Å². The molecule has 0 saturated carbocycles. The summed E-state index contributed by atoms with van der Waals surface area (Å²) in [6.45, 7) is 0. The van der Waals surface area contributed by atoms with Crippen LogP contribution < -0.4 is 0 Å². The zero-order valence-electron chi connectivity index (χ0n) is 15.8. The summed E-state index contributed by atoms with van der Waals surface area (Å²) in [4.78, 5) is 11.0. The summed E-state index contributed by atoms with van der Waals surface area (Å²) in [5, 5.41) is 5.76. The highest BCUT2D eigenvalue weighted by molar-refractivity contribution is 7.18. The lowest BCUT2D eigenvalue weighted by atomic mass is 9.94. The Labute approximate surface area is 173 Å². The lowest BCUT2D eigenvalue weighted by Crippen LogP contribution is -2.01. The van der Waals surface area contributed by atoms with Crippen molar-refractivity contribution in [2.45, 2.75) is 12.8 Å². The van der Waals surface area contributed by atoms with Gasteiger partial charge in [-0.1, -0.05) is 84.1 Å². The standard InChI is InChI=1S/C26H18N2S/c1-6-12-22-17(7-1)13-14-24-25(22)29-26(28-24)27-16-23-20-10-4-2-8-18(20)15-19-9-3-5-11-21(19)23/h1-12,15-16H,13-14H2/b27-16+. The Morgan fingerprint density at radius 1 is 0.793 bits per heavy atom. The highest BCUT2D eigenvalue weighted by atomic mass is 32.1. The Morgan fingerprint density at radius 2 is 1.48 bits per heavy atom. The van der Waals surface area contributed by atoms with Crippen LogP contribution in [0.1, 0.15) is 16.8 Å². The molecule has 0 spiro atoms. The van der Waals surface area contributed by atoms with E-state index in [1.807, 2.05) is 6.21 Å². The molecule has 5 aromatic rings. The van der Waals surface area contributed by atoms with Crippen LogP contribution in [-0.2, 0) is 12.8 Å². The van der Waals surface area contributed by atoms with Crippen molar-refractivity contribution in [3.05, 3.63) is 95.7 Å². The van der Waals surface area contributed by atoms with Gasteiger partial charge in [-0.15, -0.1) is 0 Å². The number of fused-ring (bicyclic) bond motifs is 5. The van der Waals surface area contributed by atoms with Gasteiger partial charge in [0.25, 0.3) is 0 Å². The van der Waals surface area contributed by atoms with Crippen LogP contribution in [0.3, 0.4) is 0 Å². The van der Waals surface area contributed by atoms with Crippen molar-refractivity contribution >= 4 is 44.2 Å². The van der Waals surface area contributed by atoms with E-state index < -0.39 is 0 Å². The number of hydrogen-bond acceptors (Lipinski definition) is 3. The summed E-state index contributed by atoms with van der Waals surface area (Å²) < 4.78 is 0. The van der Waals surface area contributed by atoms with E-state index in [9.17, 15) is 0 Å². The van der Waals surface area contributed by atoms with Gasteiger partial charge in [0.2, 0.25) is 5.13 Å². The molecule has 6 rings (SSSR count). The number of rotatable bonds is 2. The van der Waals surface area contributed by atoms with Crippen molar-refractivity contribution in [3.8, 4) is 10.4 Å². The second kappa shape index (κ2) is 6.64. The van der Waals surface area contributed by atoms with Gasteiger partial charge in [0.05, 0.1) is 10.6 Å². The van der Waals surface area contributed by atoms with Gasteiger partial charge < -0.3 is 0 Å². The molecule has 1 aliphatic carbocycles. The zero-order valence-corrected chi connectivity index (χ0v) is 16.6. The number of thiazole rings is 1. The van der Waals surface area contributed by atoms with Gasteiger partial charge in [0, 0.05) is 11.8 Å². The SMILES string of the molecule is C(=N\c1nc2c(s1)-c1ccccc1CC2)/c1c2ccccc2cc2ccccc12. The predicted octanol–water partition coefficient (Wildman–Crippen LogP) is 6.97. The first-order valence-corrected chi connectivity index (χ1v) is 10.7. The molecule has 138 valence electrons. The van der Waals surface area contributed by atoms with Crippen molar-refractivity contribution in [3.63, 3.8) is 0 Å². The lowest BCUT2D eigenvalue weighted by molar-refractivity contribution is 0.910. The first-order valence-electron chi connectivity index (χ1n) is 9.89. The molecule has 2 nitrogen and oxygen atoms in total. The predicted molar refractivity (Wildman–Crippen MR) is 124 cm³/mol. The van der Waals surface area contributed by atoms with Crippen LogP contribution in [0.15, 0.2) is 83.9 Å². The topological polar surface area (TPSA) is 25.2 Å². The van der Waals surface area contributed by atoms with E-state index in [2.05, 4.69) is 78.9 Å². The molecule has 0 bridgehead atoms. The maximum atomic E-state index is 4.85. The van der Waals surface area contributed by atoms with Gasteiger partial charge >= 0.3 is 0 Å². The quantitative estimate of drug-likeness (QED) is 0.236.